The molecule has 0 aliphatic heterocycles. The van der Waals surface area contributed by atoms with E-state index in [1.807, 2.05) is 43.3 Å². The van der Waals surface area contributed by atoms with Crippen LogP contribution in [-0.4, -0.2) is 4.98 Å². The first-order valence-electron chi connectivity index (χ1n) is 4.55. The van der Waals surface area contributed by atoms with Crippen LogP contribution >= 0.6 is 0 Å². The van der Waals surface area contributed by atoms with E-state index in [2.05, 4.69) is 4.98 Å². The normalized spacial score (nSPS) is 10.1. The summed E-state index contributed by atoms with van der Waals surface area (Å²) in [7, 11) is 0. The van der Waals surface area contributed by atoms with Crippen molar-refractivity contribution in [1.82, 2.24) is 4.98 Å². The first-order valence-corrected chi connectivity index (χ1v) is 4.55. The van der Waals surface area contributed by atoms with Gasteiger partial charge in [0.1, 0.15) is 0 Å². The second kappa shape index (κ2) is 3.50. The molecular weight excluding hydrogens is 172 g/mol. The molecule has 0 unspecified atom stereocenters. The summed E-state index contributed by atoms with van der Waals surface area (Å²) in [6, 6.07) is 11.8. The zero-order chi connectivity index (χ0) is 9.97. The molecule has 0 amide bonds. The SMILES string of the molecule is Cc1cccc(-c2ccccn2)c1N. The number of aryl methyl sites for hydroxylation is 1. The van der Waals surface area contributed by atoms with Crippen molar-refractivity contribution in [3.05, 3.63) is 48.2 Å². The predicted octanol–water partition coefficient (Wildman–Crippen LogP) is 2.64. The van der Waals surface area contributed by atoms with Crippen LogP contribution < -0.4 is 5.73 Å². The predicted molar refractivity (Wildman–Crippen MR) is 58.8 cm³/mol. The summed E-state index contributed by atoms with van der Waals surface area (Å²) in [5.41, 5.74) is 9.81. The lowest BCUT2D eigenvalue weighted by molar-refractivity contribution is 1.32. The molecule has 70 valence electrons. The highest BCUT2D eigenvalue weighted by atomic mass is 14.7. The number of pyridine rings is 1. The highest BCUT2D eigenvalue weighted by Crippen LogP contribution is 2.25. The van der Waals surface area contributed by atoms with E-state index in [0.29, 0.717) is 0 Å². The van der Waals surface area contributed by atoms with Crippen LogP contribution in [0.4, 0.5) is 5.69 Å². The molecule has 0 bridgehead atoms. The van der Waals surface area contributed by atoms with Crippen molar-refractivity contribution in [2.24, 2.45) is 0 Å². The van der Waals surface area contributed by atoms with Gasteiger partial charge in [0.15, 0.2) is 0 Å². The van der Waals surface area contributed by atoms with Gasteiger partial charge in [-0.2, -0.15) is 0 Å². The van der Waals surface area contributed by atoms with E-state index in [1.165, 1.54) is 0 Å². The Labute approximate surface area is 83.4 Å². The molecule has 2 rings (SSSR count). The molecule has 0 saturated carbocycles. The van der Waals surface area contributed by atoms with Gasteiger partial charge in [-0.1, -0.05) is 24.3 Å². The van der Waals surface area contributed by atoms with Crippen molar-refractivity contribution in [3.63, 3.8) is 0 Å². The molecule has 0 atom stereocenters. The van der Waals surface area contributed by atoms with Gasteiger partial charge >= 0.3 is 0 Å². The Morgan fingerprint density at radius 1 is 1.07 bits per heavy atom. The Bertz CT molecular complexity index is 435. The van der Waals surface area contributed by atoms with Crippen LogP contribution in [0.5, 0.6) is 0 Å². The van der Waals surface area contributed by atoms with Crippen LogP contribution in [0.1, 0.15) is 5.56 Å². The highest BCUT2D eigenvalue weighted by molar-refractivity contribution is 5.75. The minimum absolute atomic E-state index is 0.811. The van der Waals surface area contributed by atoms with Crippen molar-refractivity contribution in [2.45, 2.75) is 6.92 Å². The summed E-state index contributed by atoms with van der Waals surface area (Å²) in [6.07, 6.45) is 1.77. The minimum atomic E-state index is 0.811. The fourth-order valence-electron chi connectivity index (χ4n) is 1.43. The lowest BCUT2D eigenvalue weighted by Gasteiger charge is -2.06. The number of nitrogens with zero attached hydrogens (tertiary/aromatic N) is 1. The van der Waals surface area contributed by atoms with Gasteiger partial charge in [-0.05, 0) is 24.6 Å². The summed E-state index contributed by atoms with van der Waals surface area (Å²) in [5.74, 6) is 0. The van der Waals surface area contributed by atoms with E-state index in [1.54, 1.807) is 6.20 Å². The largest absolute Gasteiger partial charge is 0.398 e. The summed E-state index contributed by atoms with van der Waals surface area (Å²) in [6.45, 7) is 2.00. The second-order valence-corrected chi connectivity index (χ2v) is 3.25. The Morgan fingerprint density at radius 3 is 2.64 bits per heavy atom. The average Bonchev–Trinajstić information content (AvgIpc) is 2.23. The first-order chi connectivity index (χ1) is 6.79. The maximum Gasteiger partial charge on any atom is 0.0722 e. The lowest BCUT2D eigenvalue weighted by Crippen LogP contribution is -1.94. The number of aromatic nitrogens is 1. The number of rotatable bonds is 1. The summed E-state index contributed by atoms with van der Waals surface area (Å²) < 4.78 is 0. The standard InChI is InChI=1S/C12H12N2/c1-9-5-4-6-10(12(9)13)11-7-2-3-8-14-11/h2-8H,13H2,1H3. The lowest BCUT2D eigenvalue weighted by atomic mass is 10.1. The summed E-state index contributed by atoms with van der Waals surface area (Å²) in [5, 5.41) is 0. The van der Waals surface area contributed by atoms with Crippen LogP contribution in [0, 0.1) is 6.92 Å². The van der Waals surface area contributed by atoms with Crippen molar-refractivity contribution >= 4 is 5.69 Å². The molecule has 0 fully saturated rings. The van der Waals surface area contributed by atoms with Crippen molar-refractivity contribution in [1.29, 1.82) is 0 Å². The van der Waals surface area contributed by atoms with E-state index >= 15 is 0 Å². The third-order valence-corrected chi connectivity index (χ3v) is 2.26. The van der Waals surface area contributed by atoms with E-state index in [-0.39, 0.29) is 0 Å². The first kappa shape index (κ1) is 8.75. The van der Waals surface area contributed by atoms with Gasteiger partial charge in [0.05, 0.1) is 5.69 Å². The van der Waals surface area contributed by atoms with Crippen molar-refractivity contribution < 1.29 is 0 Å². The number of nitrogen functional groups attached to an aromatic ring is 1. The van der Waals surface area contributed by atoms with Gasteiger partial charge in [0, 0.05) is 17.4 Å². The maximum absolute atomic E-state index is 5.97. The molecule has 1 aromatic carbocycles. The average molecular weight is 184 g/mol. The number of anilines is 1. The van der Waals surface area contributed by atoms with E-state index in [0.717, 1.165) is 22.5 Å². The van der Waals surface area contributed by atoms with E-state index in [9.17, 15) is 0 Å². The summed E-state index contributed by atoms with van der Waals surface area (Å²) >= 11 is 0. The van der Waals surface area contributed by atoms with E-state index < -0.39 is 0 Å². The number of benzene rings is 1. The third-order valence-electron chi connectivity index (χ3n) is 2.26. The molecule has 1 heterocycles. The van der Waals surface area contributed by atoms with Gasteiger partial charge in [0.25, 0.3) is 0 Å². The van der Waals surface area contributed by atoms with Gasteiger partial charge in [-0.25, -0.2) is 0 Å². The number of hydrogen-bond acceptors (Lipinski definition) is 2. The van der Waals surface area contributed by atoms with Gasteiger partial charge in [0.2, 0.25) is 0 Å². The molecule has 0 aliphatic carbocycles. The Hall–Kier alpha value is -1.83. The van der Waals surface area contributed by atoms with Crippen LogP contribution in [-0.2, 0) is 0 Å². The molecule has 0 saturated heterocycles. The molecule has 2 N–H and O–H groups in total. The molecule has 0 radical (unpaired) electrons. The molecule has 2 aromatic rings. The van der Waals surface area contributed by atoms with Crippen LogP contribution in [0.15, 0.2) is 42.6 Å². The van der Waals surface area contributed by atoms with Crippen molar-refractivity contribution in [3.8, 4) is 11.3 Å². The molecule has 2 nitrogen and oxygen atoms in total. The van der Waals surface area contributed by atoms with Gasteiger partial charge in [-0.3, -0.25) is 4.98 Å². The zero-order valence-corrected chi connectivity index (χ0v) is 8.07. The van der Waals surface area contributed by atoms with Crippen LogP contribution in [0.3, 0.4) is 0 Å². The van der Waals surface area contributed by atoms with Gasteiger partial charge < -0.3 is 5.73 Å². The fourth-order valence-corrected chi connectivity index (χ4v) is 1.43. The zero-order valence-electron chi connectivity index (χ0n) is 8.07. The van der Waals surface area contributed by atoms with Crippen molar-refractivity contribution in [2.75, 3.05) is 5.73 Å². The molecular formula is C12H12N2. The Kier molecular flexibility index (Phi) is 2.19. The number of hydrogen-bond donors (Lipinski definition) is 1. The number of nitrogens with two attached hydrogens (primary N) is 1. The highest BCUT2D eigenvalue weighted by Gasteiger charge is 2.03. The quantitative estimate of drug-likeness (QED) is 0.692. The third kappa shape index (κ3) is 1.46. The maximum atomic E-state index is 5.97. The molecule has 0 aliphatic rings. The van der Waals surface area contributed by atoms with Crippen LogP contribution in [0.25, 0.3) is 11.3 Å². The fraction of sp³-hybridized carbons (Fsp3) is 0.0833. The smallest absolute Gasteiger partial charge is 0.0722 e. The molecule has 0 spiro atoms. The Balaban J connectivity index is 2.58. The van der Waals surface area contributed by atoms with Gasteiger partial charge in [-0.15, -0.1) is 0 Å². The second-order valence-electron chi connectivity index (χ2n) is 3.25. The monoisotopic (exact) mass is 184 g/mol. The van der Waals surface area contributed by atoms with E-state index in [4.69, 9.17) is 5.73 Å². The van der Waals surface area contributed by atoms with Crippen LogP contribution in [0.2, 0.25) is 0 Å². The molecule has 1 aromatic heterocycles. The molecule has 2 heteroatoms. The topological polar surface area (TPSA) is 38.9 Å². The minimum Gasteiger partial charge on any atom is -0.398 e. The number of para-hydroxylation sites is 1. The Morgan fingerprint density at radius 2 is 1.93 bits per heavy atom. The molecule has 14 heavy (non-hydrogen) atoms. The summed E-state index contributed by atoms with van der Waals surface area (Å²) in [4.78, 5) is 4.27.